The van der Waals surface area contributed by atoms with Gasteiger partial charge in [-0.15, -0.1) is 0 Å². The Bertz CT molecular complexity index is 1120. The van der Waals surface area contributed by atoms with E-state index in [-0.39, 0.29) is 5.75 Å². The first kappa shape index (κ1) is 18.9. The van der Waals surface area contributed by atoms with Crippen molar-refractivity contribution in [2.75, 3.05) is 0 Å². The molecule has 0 aliphatic heterocycles. The summed E-state index contributed by atoms with van der Waals surface area (Å²) in [5.41, 5.74) is 6.64. The van der Waals surface area contributed by atoms with E-state index in [0.717, 1.165) is 22.6 Å². The number of aryl methyl sites for hydroxylation is 1. The van der Waals surface area contributed by atoms with Crippen molar-refractivity contribution in [3.63, 3.8) is 0 Å². The molecule has 1 heterocycles. The minimum Gasteiger partial charge on any atom is -0.506 e. The van der Waals surface area contributed by atoms with Gasteiger partial charge < -0.3 is 5.11 Å². The minimum absolute atomic E-state index is 0.198. The molecule has 3 aromatic carbocycles. The summed E-state index contributed by atoms with van der Waals surface area (Å²) in [5, 5.41) is 10.1. The van der Waals surface area contributed by atoms with Gasteiger partial charge in [0, 0.05) is 36.8 Å². The van der Waals surface area contributed by atoms with Gasteiger partial charge in [-0.2, -0.15) is 4.57 Å². The van der Waals surface area contributed by atoms with Crippen LogP contribution in [-0.4, -0.2) is 5.11 Å². The molecule has 1 N–H and O–H groups in total. The second-order valence-electron chi connectivity index (χ2n) is 6.60. The van der Waals surface area contributed by atoms with Crippen molar-refractivity contribution >= 4 is 31.9 Å². The summed E-state index contributed by atoms with van der Waals surface area (Å²) in [7, 11) is 0. The molecule has 0 saturated heterocycles. The van der Waals surface area contributed by atoms with Crippen LogP contribution in [0.5, 0.6) is 5.75 Å². The number of nitrogens with zero attached hydrogens (tertiary/aromatic N) is 1. The Balaban J connectivity index is 2.01. The fraction of sp³-hybridized carbons (Fsp3) is 0.0417. The number of phenols is 1. The highest BCUT2D eigenvalue weighted by molar-refractivity contribution is 9.11. The largest absolute Gasteiger partial charge is 0.506 e. The summed E-state index contributed by atoms with van der Waals surface area (Å²) in [6, 6.07) is 29.0. The van der Waals surface area contributed by atoms with Crippen LogP contribution < -0.4 is 4.57 Å². The highest BCUT2D eigenvalue weighted by Gasteiger charge is 2.23. The number of benzene rings is 3. The zero-order valence-electron chi connectivity index (χ0n) is 15.2. The Morgan fingerprint density at radius 3 is 1.79 bits per heavy atom. The van der Waals surface area contributed by atoms with Gasteiger partial charge in [-0.3, -0.25) is 0 Å². The van der Waals surface area contributed by atoms with Gasteiger partial charge in [-0.25, -0.2) is 0 Å². The summed E-state index contributed by atoms with van der Waals surface area (Å²) in [4.78, 5) is 0. The molecule has 0 saturated carbocycles. The van der Waals surface area contributed by atoms with Crippen LogP contribution in [0.3, 0.4) is 0 Å². The average Bonchev–Trinajstić information content (AvgIpc) is 2.72. The van der Waals surface area contributed by atoms with Crippen LogP contribution in [0.25, 0.3) is 28.1 Å². The average molecular weight is 496 g/mol. The zero-order valence-corrected chi connectivity index (χ0v) is 18.4. The molecule has 0 spiro atoms. The molecule has 0 radical (unpaired) electrons. The SMILES string of the molecule is Cc1cc(-c2ccccc2)cc(-c2ccccc2)[n+]1-c1cc(Br)c(O)c(Br)c1. The summed E-state index contributed by atoms with van der Waals surface area (Å²) >= 11 is 6.91. The normalized spacial score (nSPS) is 10.8. The van der Waals surface area contributed by atoms with E-state index in [2.05, 4.69) is 91.9 Å². The van der Waals surface area contributed by atoms with Crippen LogP contribution in [0.1, 0.15) is 5.69 Å². The number of aromatic hydroxyl groups is 1. The van der Waals surface area contributed by atoms with E-state index in [9.17, 15) is 5.11 Å². The molecule has 4 heteroatoms. The van der Waals surface area contributed by atoms with E-state index < -0.39 is 0 Å². The molecular formula is C24H18Br2NO+. The van der Waals surface area contributed by atoms with Crippen molar-refractivity contribution in [2.45, 2.75) is 6.92 Å². The Morgan fingerprint density at radius 1 is 0.679 bits per heavy atom. The molecule has 0 aliphatic carbocycles. The first-order chi connectivity index (χ1) is 13.5. The highest BCUT2D eigenvalue weighted by Crippen LogP contribution is 2.34. The van der Waals surface area contributed by atoms with Crippen LogP contribution in [-0.2, 0) is 0 Å². The third kappa shape index (κ3) is 3.62. The predicted molar refractivity (Wildman–Crippen MR) is 121 cm³/mol. The van der Waals surface area contributed by atoms with E-state index in [1.165, 1.54) is 11.1 Å². The summed E-state index contributed by atoms with van der Waals surface area (Å²) < 4.78 is 3.50. The number of pyridine rings is 1. The Labute approximate surface area is 181 Å². The Hall–Kier alpha value is -2.43. The Kier molecular flexibility index (Phi) is 5.33. The molecule has 0 fully saturated rings. The standard InChI is InChI=1S/C24H17Br2NO/c1-16-12-19(17-8-4-2-5-9-17)13-23(18-10-6-3-7-11-18)27(16)20-14-21(25)24(28)22(26)15-20/h2-15H,1H3/p+1. The van der Waals surface area contributed by atoms with Gasteiger partial charge in [0.2, 0.25) is 11.4 Å². The van der Waals surface area contributed by atoms with Gasteiger partial charge >= 0.3 is 0 Å². The molecule has 28 heavy (non-hydrogen) atoms. The van der Waals surface area contributed by atoms with Crippen molar-refractivity contribution < 1.29 is 9.67 Å². The number of halogens is 2. The molecule has 4 aromatic rings. The number of aromatic nitrogens is 1. The molecule has 0 bridgehead atoms. The lowest BCUT2D eigenvalue weighted by Gasteiger charge is -2.11. The second kappa shape index (κ2) is 7.90. The smallest absolute Gasteiger partial charge is 0.219 e. The fourth-order valence-electron chi connectivity index (χ4n) is 3.38. The van der Waals surface area contributed by atoms with E-state index in [1.54, 1.807) is 0 Å². The molecule has 2 nitrogen and oxygen atoms in total. The first-order valence-electron chi connectivity index (χ1n) is 8.90. The molecular weight excluding hydrogens is 478 g/mol. The lowest BCUT2D eigenvalue weighted by atomic mass is 10.0. The van der Waals surface area contributed by atoms with Gasteiger partial charge in [0.1, 0.15) is 5.75 Å². The molecule has 0 atom stereocenters. The molecule has 0 unspecified atom stereocenters. The van der Waals surface area contributed by atoms with E-state index >= 15 is 0 Å². The van der Waals surface area contributed by atoms with Crippen molar-refractivity contribution in [2.24, 2.45) is 0 Å². The van der Waals surface area contributed by atoms with Crippen LogP contribution in [0.4, 0.5) is 0 Å². The van der Waals surface area contributed by atoms with Crippen LogP contribution >= 0.6 is 31.9 Å². The first-order valence-corrected chi connectivity index (χ1v) is 10.5. The summed E-state index contributed by atoms with van der Waals surface area (Å²) in [5.74, 6) is 0.198. The minimum atomic E-state index is 0.198. The quantitative estimate of drug-likeness (QED) is 0.309. The van der Waals surface area contributed by atoms with Crippen LogP contribution in [0, 0.1) is 6.92 Å². The third-order valence-corrected chi connectivity index (χ3v) is 5.90. The molecule has 1 aromatic heterocycles. The van der Waals surface area contributed by atoms with Gasteiger partial charge in [0.15, 0.2) is 5.69 Å². The van der Waals surface area contributed by atoms with Gasteiger partial charge in [0.05, 0.1) is 8.95 Å². The van der Waals surface area contributed by atoms with Gasteiger partial charge in [-0.05, 0) is 55.1 Å². The van der Waals surface area contributed by atoms with E-state index in [0.29, 0.717) is 8.95 Å². The number of phenolic OH excluding ortho intramolecular Hbond substituents is 1. The number of hydrogen-bond donors (Lipinski definition) is 1. The van der Waals surface area contributed by atoms with Crippen molar-refractivity contribution in [1.82, 2.24) is 0 Å². The molecule has 138 valence electrons. The number of hydrogen-bond acceptors (Lipinski definition) is 1. The lowest BCUT2D eigenvalue weighted by molar-refractivity contribution is -0.591. The molecule has 0 aliphatic rings. The molecule has 0 amide bonds. The Morgan fingerprint density at radius 2 is 1.21 bits per heavy atom. The van der Waals surface area contributed by atoms with Gasteiger partial charge in [0.25, 0.3) is 0 Å². The predicted octanol–water partition coefficient (Wildman–Crippen LogP) is 6.84. The second-order valence-corrected chi connectivity index (χ2v) is 8.30. The lowest BCUT2D eigenvalue weighted by Crippen LogP contribution is -2.37. The van der Waals surface area contributed by atoms with Crippen molar-refractivity contribution in [1.29, 1.82) is 0 Å². The number of rotatable bonds is 3. The fourth-order valence-corrected chi connectivity index (χ4v) is 4.54. The maximum Gasteiger partial charge on any atom is 0.219 e. The van der Waals surface area contributed by atoms with Crippen molar-refractivity contribution in [3.05, 3.63) is 99.6 Å². The maximum absolute atomic E-state index is 10.1. The summed E-state index contributed by atoms with van der Waals surface area (Å²) in [6.45, 7) is 2.10. The maximum atomic E-state index is 10.1. The topological polar surface area (TPSA) is 24.1 Å². The van der Waals surface area contributed by atoms with E-state index in [4.69, 9.17) is 0 Å². The zero-order chi connectivity index (χ0) is 19.7. The monoisotopic (exact) mass is 494 g/mol. The summed E-state index contributed by atoms with van der Waals surface area (Å²) in [6.07, 6.45) is 0. The van der Waals surface area contributed by atoms with Crippen LogP contribution in [0.15, 0.2) is 93.9 Å². The highest BCUT2D eigenvalue weighted by atomic mass is 79.9. The van der Waals surface area contributed by atoms with Crippen LogP contribution in [0.2, 0.25) is 0 Å². The van der Waals surface area contributed by atoms with Gasteiger partial charge in [-0.1, -0.05) is 48.5 Å². The van der Waals surface area contributed by atoms with E-state index in [1.807, 2.05) is 36.4 Å². The van der Waals surface area contributed by atoms with Crippen molar-refractivity contribution in [3.8, 4) is 33.8 Å². The molecule has 4 rings (SSSR count). The third-order valence-electron chi connectivity index (χ3n) is 4.69.